The average Bonchev–Trinajstić information content (AvgIpc) is 2.87. The smallest absolute Gasteiger partial charge is 0.296 e. The molecule has 0 saturated carbocycles. The first-order chi connectivity index (χ1) is 16.6. The molecule has 1 atom stereocenters. The van der Waals surface area contributed by atoms with Crippen LogP contribution in [0.2, 0.25) is 0 Å². The number of aromatic nitrogens is 2. The van der Waals surface area contributed by atoms with Gasteiger partial charge in [0.25, 0.3) is 11.5 Å². The summed E-state index contributed by atoms with van der Waals surface area (Å²) in [6, 6.07) is 15.2. The first-order valence-electron chi connectivity index (χ1n) is 11.0. The van der Waals surface area contributed by atoms with Gasteiger partial charge in [0.1, 0.15) is 24.4 Å². The van der Waals surface area contributed by atoms with Crippen molar-refractivity contribution in [3.05, 3.63) is 93.4 Å². The van der Waals surface area contributed by atoms with E-state index in [1.165, 1.54) is 12.1 Å². The maximum absolute atomic E-state index is 13.4. The summed E-state index contributed by atoms with van der Waals surface area (Å²) in [6.07, 6.45) is 2.30. The molecule has 1 aliphatic rings. The zero-order valence-electron chi connectivity index (χ0n) is 18.8. The van der Waals surface area contributed by atoms with E-state index in [4.69, 9.17) is 9.47 Å². The van der Waals surface area contributed by atoms with E-state index in [-0.39, 0.29) is 36.5 Å². The third kappa shape index (κ3) is 5.66. The Morgan fingerprint density at radius 1 is 1.21 bits per heavy atom. The van der Waals surface area contributed by atoms with Crippen LogP contribution in [0, 0.1) is 5.82 Å². The number of carbonyl (C=O) groups excluding carboxylic acids is 1. The van der Waals surface area contributed by atoms with Crippen molar-refractivity contribution in [1.82, 2.24) is 14.9 Å². The van der Waals surface area contributed by atoms with Crippen LogP contribution in [0.25, 0.3) is 0 Å². The minimum atomic E-state index is -0.540. The molecule has 4 rings (SSSR count). The molecule has 2 heterocycles. The fourth-order valence-corrected chi connectivity index (χ4v) is 4.15. The molecule has 1 aromatic heterocycles. The van der Waals surface area contributed by atoms with E-state index in [1.54, 1.807) is 28.5 Å². The molecule has 2 aromatic carbocycles. The second-order valence-electron chi connectivity index (χ2n) is 7.83. The van der Waals surface area contributed by atoms with Crippen LogP contribution in [0.15, 0.2) is 59.4 Å². The summed E-state index contributed by atoms with van der Waals surface area (Å²) < 4.78 is 26.5. The van der Waals surface area contributed by atoms with Crippen molar-refractivity contribution in [2.24, 2.45) is 0 Å². The summed E-state index contributed by atoms with van der Waals surface area (Å²) in [5.74, 6) is 0.284. The molecule has 7 nitrogen and oxygen atoms in total. The highest BCUT2D eigenvalue weighted by Gasteiger charge is 2.29. The Morgan fingerprint density at radius 3 is 2.71 bits per heavy atom. The van der Waals surface area contributed by atoms with Crippen LogP contribution in [0.1, 0.15) is 40.0 Å². The predicted molar refractivity (Wildman–Crippen MR) is 129 cm³/mol. The van der Waals surface area contributed by atoms with Gasteiger partial charge >= 0.3 is 0 Å². The first-order valence-corrected chi connectivity index (χ1v) is 12.4. The molecule has 34 heavy (non-hydrogen) atoms. The maximum Gasteiger partial charge on any atom is 0.296 e. The number of amides is 1. The summed E-state index contributed by atoms with van der Waals surface area (Å²) in [7, 11) is 0. The van der Waals surface area contributed by atoms with E-state index in [2.05, 4.69) is 10.3 Å². The SMILES string of the molecule is CSCCC1OCCn2c1nc(C(=O)NCc1ccc(F)cc1)c(OCc1ccccc1)c2=O. The van der Waals surface area contributed by atoms with Crippen molar-refractivity contribution in [3.63, 3.8) is 0 Å². The molecule has 178 valence electrons. The molecule has 1 amide bonds. The fourth-order valence-electron chi connectivity index (χ4n) is 3.70. The quantitative estimate of drug-likeness (QED) is 0.500. The third-order valence-electron chi connectivity index (χ3n) is 5.47. The van der Waals surface area contributed by atoms with Gasteiger partial charge in [-0.1, -0.05) is 42.5 Å². The number of ether oxygens (including phenoxy) is 2. The lowest BCUT2D eigenvalue weighted by molar-refractivity contribution is 0.0119. The second-order valence-corrected chi connectivity index (χ2v) is 8.81. The van der Waals surface area contributed by atoms with Crippen molar-refractivity contribution in [2.75, 3.05) is 18.6 Å². The number of carbonyl (C=O) groups is 1. The number of rotatable bonds is 9. The molecule has 3 aromatic rings. The summed E-state index contributed by atoms with van der Waals surface area (Å²) in [5.41, 5.74) is 1.11. The molecule has 1 unspecified atom stereocenters. The number of nitrogens with one attached hydrogen (secondary N) is 1. The Balaban J connectivity index is 1.65. The molecule has 1 aliphatic heterocycles. The molecule has 9 heteroatoms. The number of hydrogen-bond donors (Lipinski definition) is 1. The topological polar surface area (TPSA) is 82.5 Å². The summed E-state index contributed by atoms with van der Waals surface area (Å²) >= 11 is 1.67. The minimum Gasteiger partial charge on any atom is -0.481 e. The molecule has 0 radical (unpaired) electrons. The number of fused-ring (bicyclic) bond motifs is 1. The van der Waals surface area contributed by atoms with Gasteiger partial charge < -0.3 is 14.8 Å². The molecule has 1 N–H and O–H groups in total. The summed E-state index contributed by atoms with van der Waals surface area (Å²) in [4.78, 5) is 31.1. The standard InChI is InChI=1S/C25H26FN3O4S/c1-34-14-11-20-23-28-21(24(30)27-15-17-7-9-19(26)10-8-17)22(25(31)29(23)12-13-32-20)33-16-18-5-3-2-4-6-18/h2-10,20H,11-16H2,1H3,(H,27,30). The van der Waals surface area contributed by atoms with Crippen LogP contribution < -0.4 is 15.6 Å². The molecule has 0 fully saturated rings. The average molecular weight is 484 g/mol. The number of hydrogen-bond acceptors (Lipinski definition) is 6. The van der Waals surface area contributed by atoms with E-state index < -0.39 is 11.5 Å². The number of halogens is 1. The molecule has 0 saturated heterocycles. The predicted octanol–water partition coefficient (Wildman–Crippen LogP) is 3.72. The van der Waals surface area contributed by atoms with Crippen molar-refractivity contribution in [1.29, 1.82) is 0 Å². The maximum atomic E-state index is 13.4. The lowest BCUT2D eigenvalue weighted by Gasteiger charge is -2.27. The van der Waals surface area contributed by atoms with Gasteiger partial charge in [-0.2, -0.15) is 11.8 Å². The molecule has 0 spiro atoms. The Labute approximate surface area is 201 Å². The van der Waals surface area contributed by atoms with Crippen LogP contribution in [-0.4, -0.2) is 34.1 Å². The van der Waals surface area contributed by atoms with Crippen molar-refractivity contribution < 1.29 is 18.7 Å². The van der Waals surface area contributed by atoms with Gasteiger partial charge in [-0.05, 0) is 41.7 Å². The third-order valence-corrected chi connectivity index (χ3v) is 6.11. The van der Waals surface area contributed by atoms with Crippen molar-refractivity contribution in [2.45, 2.75) is 32.2 Å². The van der Waals surface area contributed by atoms with E-state index in [1.807, 2.05) is 36.6 Å². The Kier molecular flexibility index (Phi) is 7.97. The van der Waals surface area contributed by atoms with Crippen LogP contribution in [-0.2, 0) is 24.4 Å². The monoisotopic (exact) mass is 483 g/mol. The van der Waals surface area contributed by atoms with Crippen LogP contribution in [0.5, 0.6) is 5.75 Å². The first kappa shape index (κ1) is 24.0. The molecule has 0 aliphatic carbocycles. The van der Waals surface area contributed by atoms with E-state index in [0.29, 0.717) is 25.4 Å². The van der Waals surface area contributed by atoms with E-state index >= 15 is 0 Å². The van der Waals surface area contributed by atoms with Crippen LogP contribution in [0.4, 0.5) is 4.39 Å². The van der Waals surface area contributed by atoms with Crippen LogP contribution in [0.3, 0.4) is 0 Å². The largest absolute Gasteiger partial charge is 0.481 e. The number of benzene rings is 2. The van der Waals surface area contributed by atoms with Gasteiger partial charge in [0, 0.05) is 6.54 Å². The minimum absolute atomic E-state index is 0.0751. The van der Waals surface area contributed by atoms with Crippen LogP contribution >= 0.6 is 11.8 Å². The van der Waals surface area contributed by atoms with Gasteiger partial charge in [0.15, 0.2) is 5.69 Å². The molecular weight excluding hydrogens is 457 g/mol. The number of thioether (sulfide) groups is 1. The van der Waals surface area contributed by atoms with Crippen molar-refractivity contribution in [3.8, 4) is 5.75 Å². The highest BCUT2D eigenvalue weighted by atomic mass is 32.2. The highest BCUT2D eigenvalue weighted by Crippen LogP contribution is 2.26. The van der Waals surface area contributed by atoms with Gasteiger partial charge in [0.05, 0.1) is 13.2 Å². The molecule has 0 bridgehead atoms. The zero-order valence-corrected chi connectivity index (χ0v) is 19.6. The second kappa shape index (κ2) is 11.3. The molecular formula is C25H26FN3O4S. The lowest BCUT2D eigenvalue weighted by Crippen LogP contribution is -2.37. The Hall–Kier alpha value is -3.17. The Bertz CT molecular complexity index is 1190. The Morgan fingerprint density at radius 2 is 1.97 bits per heavy atom. The fraction of sp³-hybridized carbons (Fsp3) is 0.320. The normalized spacial score (nSPS) is 14.9. The van der Waals surface area contributed by atoms with E-state index in [9.17, 15) is 14.0 Å². The summed E-state index contributed by atoms with van der Waals surface area (Å²) in [6.45, 7) is 1.02. The van der Waals surface area contributed by atoms with Gasteiger partial charge in [0.2, 0.25) is 5.75 Å². The highest BCUT2D eigenvalue weighted by molar-refractivity contribution is 7.98. The zero-order chi connectivity index (χ0) is 23.9. The van der Waals surface area contributed by atoms with Gasteiger partial charge in [-0.15, -0.1) is 0 Å². The summed E-state index contributed by atoms with van der Waals surface area (Å²) in [5, 5.41) is 2.77. The number of nitrogens with zero attached hydrogens (tertiary/aromatic N) is 2. The van der Waals surface area contributed by atoms with Crippen molar-refractivity contribution >= 4 is 17.7 Å². The van der Waals surface area contributed by atoms with Gasteiger partial charge in [-0.3, -0.25) is 14.2 Å². The van der Waals surface area contributed by atoms with Gasteiger partial charge in [-0.25, -0.2) is 9.37 Å². The van der Waals surface area contributed by atoms with E-state index in [0.717, 1.165) is 16.9 Å². The lowest BCUT2D eigenvalue weighted by atomic mass is 10.2.